The van der Waals surface area contributed by atoms with E-state index >= 15 is 0 Å². The highest BCUT2D eigenvalue weighted by Gasteiger charge is 2.52. The second-order valence-corrected chi connectivity index (χ2v) is 7.22. The van der Waals surface area contributed by atoms with Gasteiger partial charge in [0.15, 0.2) is 5.69 Å². The molecule has 1 aliphatic heterocycles. The maximum Gasteiger partial charge on any atom is 0.498 e. The van der Waals surface area contributed by atoms with Crippen molar-refractivity contribution >= 4 is 35.8 Å². The van der Waals surface area contributed by atoms with Crippen LogP contribution in [0, 0.1) is 0 Å². The van der Waals surface area contributed by atoms with E-state index in [9.17, 15) is 4.79 Å². The van der Waals surface area contributed by atoms with Crippen LogP contribution in [-0.2, 0) is 14.0 Å². The van der Waals surface area contributed by atoms with Crippen LogP contribution in [0.1, 0.15) is 45.1 Å². The van der Waals surface area contributed by atoms with E-state index in [2.05, 4.69) is 4.98 Å². The van der Waals surface area contributed by atoms with Crippen LogP contribution in [0.15, 0.2) is 18.5 Å². The molecule has 8 heteroatoms. The third-order valence-corrected chi connectivity index (χ3v) is 4.74. The number of ether oxygens (including phenoxy) is 1. The van der Waals surface area contributed by atoms with Crippen molar-refractivity contribution in [2.24, 2.45) is 0 Å². The third-order valence-electron chi connectivity index (χ3n) is 4.54. The highest BCUT2D eigenvalue weighted by atomic mass is 35.5. The van der Waals surface area contributed by atoms with Gasteiger partial charge in [-0.05, 0) is 40.7 Å². The standard InChI is InChI=1S/C16H20BClN2O4/c1-6-22-14(21)12-9-20-8-10(18)7-11(13(20)19-12)17-23-15(2,3)16(4,5)24-17/h7-9H,6H2,1-5H3. The summed E-state index contributed by atoms with van der Waals surface area (Å²) in [5.74, 6) is -0.475. The Hall–Kier alpha value is -1.57. The molecule has 1 aliphatic rings. The molecule has 1 fully saturated rings. The number of hydrogen-bond acceptors (Lipinski definition) is 5. The Balaban J connectivity index is 2.07. The summed E-state index contributed by atoms with van der Waals surface area (Å²) in [6.45, 7) is 9.95. The Bertz CT molecular complexity index is 787. The number of imidazole rings is 1. The largest absolute Gasteiger partial charge is 0.498 e. The van der Waals surface area contributed by atoms with Gasteiger partial charge < -0.3 is 18.4 Å². The summed E-state index contributed by atoms with van der Waals surface area (Å²) in [5.41, 5.74) is 0.496. The second-order valence-electron chi connectivity index (χ2n) is 6.78. The van der Waals surface area contributed by atoms with E-state index < -0.39 is 24.3 Å². The van der Waals surface area contributed by atoms with Crippen molar-refractivity contribution in [2.45, 2.75) is 45.8 Å². The van der Waals surface area contributed by atoms with Crippen LogP contribution in [0.3, 0.4) is 0 Å². The fourth-order valence-corrected chi connectivity index (χ4v) is 2.76. The minimum Gasteiger partial charge on any atom is -0.461 e. The molecule has 0 amide bonds. The van der Waals surface area contributed by atoms with Crippen LogP contribution in [0.2, 0.25) is 5.02 Å². The lowest BCUT2D eigenvalue weighted by molar-refractivity contribution is 0.00578. The number of esters is 1. The van der Waals surface area contributed by atoms with E-state index in [1.54, 1.807) is 29.8 Å². The van der Waals surface area contributed by atoms with Gasteiger partial charge in [0.25, 0.3) is 0 Å². The van der Waals surface area contributed by atoms with Gasteiger partial charge in [-0.15, -0.1) is 0 Å². The number of carbonyl (C=O) groups is 1. The average Bonchev–Trinajstić information content (AvgIpc) is 2.97. The van der Waals surface area contributed by atoms with Crippen LogP contribution in [0.4, 0.5) is 0 Å². The summed E-state index contributed by atoms with van der Waals surface area (Å²) in [6.07, 6.45) is 3.27. The van der Waals surface area contributed by atoms with Crippen LogP contribution in [-0.4, -0.2) is 40.3 Å². The van der Waals surface area contributed by atoms with Crippen molar-refractivity contribution < 1.29 is 18.8 Å². The number of aromatic nitrogens is 2. The van der Waals surface area contributed by atoms with Gasteiger partial charge in [0.05, 0.1) is 22.8 Å². The second kappa shape index (κ2) is 5.76. The first kappa shape index (κ1) is 17.3. The molecule has 3 heterocycles. The molecule has 2 aromatic rings. The molecule has 0 unspecified atom stereocenters. The molecule has 0 N–H and O–H groups in total. The zero-order chi connectivity index (χ0) is 17.7. The van der Waals surface area contributed by atoms with Crippen molar-refractivity contribution in [3.8, 4) is 0 Å². The maximum atomic E-state index is 11.9. The molecule has 3 rings (SSSR count). The molecule has 0 atom stereocenters. The first-order chi connectivity index (χ1) is 11.1. The molecule has 0 saturated carbocycles. The third kappa shape index (κ3) is 2.81. The monoisotopic (exact) mass is 350 g/mol. The van der Waals surface area contributed by atoms with Gasteiger partial charge in [0.2, 0.25) is 0 Å². The predicted molar refractivity (Wildman–Crippen MR) is 91.9 cm³/mol. The molecule has 0 radical (unpaired) electrons. The molecule has 128 valence electrons. The summed E-state index contributed by atoms with van der Waals surface area (Å²) < 4.78 is 18.9. The normalized spacial score (nSPS) is 19.0. The lowest BCUT2D eigenvalue weighted by atomic mass is 9.79. The first-order valence-electron chi connectivity index (χ1n) is 7.85. The Morgan fingerprint density at radius 3 is 2.50 bits per heavy atom. The summed E-state index contributed by atoms with van der Waals surface area (Å²) >= 11 is 6.22. The van der Waals surface area contributed by atoms with Gasteiger partial charge in [-0.1, -0.05) is 11.6 Å². The van der Waals surface area contributed by atoms with Gasteiger partial charge in [-0.25, -0.2) is 9.78 Å². The summed E-state index contributed by atoms with van der Waals surface area (Å²) in [6, 6.07) is 1.75. The Morgan fingerprint density at radius 1 is 1.29 bits per heavy atom. The number of rotatable bonds is 3. The van der Waals surface area contributed by atoms with Crippen molar-refractivity contribution in [2.75, 3.05) is 6.61 Å². The SMILES string of the molecule is CCOC(=O)c1cn2cc(Cl)cc(B3OC(C)(C)C(C)(C)O3)c2n1. The van der Waals surface area contributed by atoms with Gasteiger partial charge in [-0.3, -0.25) is 0 Å². The lowest BCUT2D eigenvalue weighted by Crippen LogP contribution is -2.41. The first-order valence-corrected chi connectivity index (χ1v) is 8.23. The molecule has 0 aliphatic carbocycles. The lowest BCUT2D eigenvalue weighted by Gasteiger charge is -2.32. The van der Waals surface area contributed by atoms with Crippen molar-refractivity contribution in [3.63, 3.8) is 0 Å². The molecule has 0 aromatic carbocycles. The van der Waals surface area contributed by atoms with Gasteiger partial charge in [0, 0.05) is 17.9 Å². The zero-order valence-corrected chi connectivity index (χ0v) is 15.2. The topological polar surface area (TPSA) is 62.1 Å². The minimum atomic E-state index is -0.617. The van der Waals surface area contributed by atoms with Gasteiger partial charge >= 0.3 is 13.1 Å². The molecule has 24 heavy (non-hydrogen) atoms. The maximum absolute atomic E-state index is 11.9. The van der Waals surface area contributed by atoms with E-state index in [-0.39, 0.29) is 12.3 Å². The van der Waals surface area contributed by atoms with E-state index in [1.807, 2.05) is 27.7 Å². The fraction of sp³-hybridized carbons (Fsp3) is 0.500. The molecule has 0 bridgehead atoms. The fourth-order valence-electron chi connectivity index (χ4n) is 2.54. The number of hydrogen-bond donors (Lipinski definition) is 0. The number of fused-ring (bicyclic) bond motifs is 1. The van der Waals surface area contributed by atoms with Crippen molar-refractivity contribution in [3.05, 3.63) is 29.2 Å². The van der Waals surface area contributed by atoms with Crippen LogP contribution < -0.4 is 5.46 Å². The Morgan fingerprint density at radius 2 is 1.92 bits per heavy atom. The highest BCUT2D eigenvalue weighted by molar-refractivity contribution is 6.64. The van der Waals surface area contributed by atoms with Crippen LogP contribution in [0.25, 0.3) is 5.65 Å². The molecule has 0 spiro atoms. The zero-order valence-electron chi connectivity index (χ0n) is 14.4. The number of halogens is 1. The van der Waals surface area contributed by atoms with E-state index in [0.29, 0.717) is 16.1 Å². The van der Waals surface area contributed by atoms with E-state index in [1.165, 1.54) is 0 Å². The Labute approximate surface area is 146 Å². The predicted octanol–water partition coefficient (Wildman–Crippen LogP) is 2.46. The Kier molecular flexibility index (Phi) is 4.14. The summed E-state index contributed by atoms with van der Waals surface area (Å²) in [5, 5.41) is 0.500. The van der Waals surface area contributed by atoms with Crippen molar-refractivity contribution in [1.29, 1.82) is 0 Å². The molecule has 1 saturated heterocycles. The molecule has 6 nitrogen and oxygen atoms in total. The van der Waals surface area contributed by atoms with Crippen LogP contribution in [0.5, 0.6) is 0 Å². The number of pyridine rings is 1. The highest BCUT2D eigenvalue weighted by Crippen LogP contribution is 2.36. The molecular weight excluding hydrogens is 330 g/mol. The molecular formula is C16H20BClN2O4. The minimum absolute atomic E-state index is 0.219. The van der Waals surface area contributed by atoms with Crippen molar-refractivity contribution in [1.82, 2.24) is 9.38 Å². The van der Waals surface area contributed by atoms with E-state index in [0.717, 1.165) is 0 Å². The van der Waals surface area contributed by atoms with E-state index in [4.69, 9.17) is 25.6 Å². The van der Waals surface area contributed by atoms with Gasteiger partial charge in [-0.2, -0.15) is 0 Å². The number of nitrogens with zero attached hydrogens (tertiary/aromatic N) is 2. The van der Waals surface area contributed by atoms with Gasteiger partial charge in [0.1, 0.15) is 5.65 Å². The average molecular weight is 351 g/mol. The molecule has 2 aromatic heterocycles. The van der Waals surface area contributed by atoms with Crippen LogP contribution >= 0.6 is 11.6 Å². The smallest absolute Gasteiger partial charge is 0.461 e. The summed E-state index contributed by atoms with van der Waals surface area (Å²) in [7, 11) is -0.617. The number of carbonyl (C=O) groups excluding carboxylic acids is 1. The quantitative estimate of drug-likeness (QED) is 0.628. The summed E-state index contributed by atoms with van der Waals surface area (Å²) in [4.78, 5) is 16.3.